The first-order chi connectivity index (χ1) is 10.5. The van der Waals surface area contributed by atoms with Crippen LogP contribution >= 0.6 is 0 Å². The van der Waals surface area contributed by atoms with Crippen molar-refractivity contribution >= 4 is 16.8 Å². The van der Waals surface area contributed by atoms with Crippen LogP contribution in [-0.2, 0) is 11.3 Å². The minimum atomic E-state index is -0.795. The highest BCUT2D eigenvalue weighted by atomic mass is 16.3. The fraction of sp³-hybridized carbons (Fsp3) is 0.500. The normalized spacial score (nSPS) is 19.3. The van der Waals surface area contributed by atoms with Gasteiger partial charge in [0.2, 0.25) is 5.91 Å². The maximum atomic E-state index is 11.9. The van der Waals surface area contributed by atoms with Gasteiger partial charge in [-0.15, -0.1) is 0 Å². The molecule has 1 unspecified atom stereocenters. The molecule has 3 N–H and O–H groups in total. The summed E-state index contributed by atoms with van der Waals surface area (Å²) in [6.07, 6.45) is 6.67. The number of carbonyl (C=O) groups excluding carboxylic acids is 1. The van der Waals surface area contributed by atoms with E-state index in [0.717, 1.165) is 10.9 Å². The van der Waals surface area contributed by atoms with E-state index in [2.05, 4.69) is 4.98 Å². The molecule has 1 fully saturated rings. The molecule has 118 valence electrons. The smallest absolute Gasteiger partial charge is 0.239 e. The SMILES string of the molecule is CC(N)C(=O)N1CCC(O)(Cn2ccc3ccncc32)CC1. The van der Waals surface area contributed by atoms with Crippen LogP contribution in [0.2, 0.25) is 0 Å². The molecule has 1 saturated heterocycles. The van der Waals surface area contributed by atoms with Gasteiger partial charge in [-0.1, -0.05) is 0 Å². The monoisotopic (exact) mass is 302 g/mol. The Labute approximate surface area is 129 Å². The van der Waals surface area contributed by atoms with Gasteiger partial charge in [0.05, 0.1) is 29.9 Å². The quantitative estimate of drug-likeness (QED) is 0.875. The van der Waals surface area contributed by atoms with E-state index in [1.807, 2.05) is 29.1 Å². The topological polar surface area (TPSA) is 84.4 Å². The van der Waals surface area contributed by atoms with E-state index in [9.17, 15) is 9.90 Å². The van der Waals surface area contributed by atoms with Crippen LogP contribution in [0.5, 0.6) is 0 Å². The Bertz CT molecular complexity index is 672. The van der Waals surface area contributed by atoms with Crippen LogP contribution in [0.3, 0.4) is 0 Å². The first kappa shape index (κ1) is 15.0. The molecule has 0 bridgehead atoms. The first-order valence-corrected chi connectivity index (χ1v) is 7.64. The predicted octanol–water partition coefficient (Wildman–Crippen LogP) is 0.737. The third kappa shape index (κ3) is 2.84. The molecule has 22 heavy (non-hydrogen) atoms. The molecule has 6 heteroatoms. The number of piperidine rings is 1. The summed E-state index contributed by atoms with van der Waals surface area (Å²) in [5.74, 6) is -0.0438. The second-order valence-corrected chi connectivity index (χ2v) is 6.22. The summed E-state index contributed by atoms with van der Waals surface area (Å²) in [6, 6.07) is 3.50. The molecule has 0 saturated carbocycles. The van der Waals surface area contributed by atoms with E-state index in [0.29, 0.717) is 32.5 Å². The van der Waals surface area contributed by atoms with Crippen LogP contribution in [0.25, 0.3) is 10.9 Å². The summed E-state index contributed by atoms with van der Waals surface area (Å²) >= 11 is 0. The minimum absolute atomic E-state index is 0.0438. The number of hydrogen-bond donors (Lipinski definition) is 2. The lowest BCUT2D eigenvalue weighted by Gasteiger charge is -2.39. The number of fused-ring (bicyclic) bond motifs is 1. The highest BCUT2D eigenvalue weighted by Crippen LogP contribution is 2.26. The standard InChI is InChI=1S/C16H22N4O2/c1-12(17)15(21)19-8-4-16(22,5-9-19)11-20-7-3-13-2-6-18-10-14(13)20/h2-3,6-7,10,12,22H,4-5,8-9,11,17H2,1H3. The van der Waals surface area contributed by atoms with Gasteiger partial charge >= 0.3 is 0 Å². The third-order valence-electron chi connectivity index (χ3n) is 4.44. The molecule has 3 heterocycles. The van der Waals surface area contributed by atoms with E-state index in [1.54, 1.807) is 18.0 Å². The van der Waals surface area contributed by atoms with Gasteiger partial charge in [0.15, 0.2) is 0 Å². The Morgan fingerprint density at radius 3 is 2.86 bits per heavy atom. The zero-order chi connectivity index (χ0) is 15.7. The Morgan fingerprint density at radius 2 is 2.18 bits per heavy atom. The van der Waals surface area contributed by atoms with Crippen LogP contribution in [0, 0.1) is 0 Å². The molecular formula is C16H22N4O2. The third-order valence-corrected chi connectivity index (χ3v) is 4.44. The molecule has 0 aromatic carbocycles. The van der Waals surface area contributed by atoms with Crippen LogP contribution < -0.4 is 5.73 Å². The van der Waals surface area contributed by atoms with Crippen LogP contribution in [0.15, 0.2) is 30.7 Å². The fourth-order valence-corrected chi connectivity index (χ4v) is 3.07. The van der Waals surface area contributed by atoms with Crippen molar-refractivity contribution in [1.82, 2.24) is 14.5 Å². The van der Waals surface area contributed by atoms with Crippen molar-refractivity contribution in [3.05, 3.63) is 30.7 Å². The van der Waals surface area contributed by atoms with E-state index < -0.39 is 11.6 Å². The maximum absolute atomic E-state index is 11.9. The average molecular weight is 302 g/mol. The number of rotatable bonds is 3. The maximum Gasteiger partial charge on any atom is 0.239 e. The molecule has 3 rings (SSSR count). The van der Waals surface area contributed by atoms with Crippen LogP contribution in [0.1, 0.15) is 19.8 Å². The molecule has 2 aromatic heterocycles. The molecule has 2 aromatic rings. The van der Waals surface area contributed by atoms with Crippen LogP contribution in [0.4, 0.5) is 0 Å². The van der Waals surface area contributed by atoms with E-state index >= 15 is 0 Å². The van der Waals surface area contributed by atoms with Crippen molar-refractivity contribution < 1.29 is 9.90 Å². The second kappa shape index (κ2) is 5.70. The molecule has 1 atom stereocenters. The van der Waals surface area contributed by atoms with Gasteiger partial charge in [-0.2, -0.15) is 0 Å². The molecule has 0 aliphatic carbocycles. The number of pyridine rings is 1. The van der Waals surface area contributed by atoms with E-state index in [1.165, 1.54) is 0 Å². The first-order valence-electron chi connectivity index (χ1n) is 7.64. The zero-order valence-electron chi connectivity index (χ0n) is 12.8. The van der Waals surface area contributed by atoms with Gasteiger partial charge in [0.25, 0.3) is 0 Å². The summed E-state index contributed by atoms with van der Waals surface area (Å²) < 4.78 is 2.03. The summed E-state index contributed by atoms with van der Waals surface area (Å²) in [7, 11) is 0. The Balaban J connectivity index is 1.70. The zero-order valence-corrected chi connectivity index (χ0v) is 12.8. The minimum Gasteiger partial charge on any atom is -0.388 e. The van der Waals surface area contributed by atoms with E-state index in [4.69, 9.17) is 5.73 Å². The highest BCUT2D eigenvalue weighted by molar-refractivity contribution is 5.81. The number of aliphatic hydroxyl groups is 1. The number of aromatic nitrogens is 2. The summed E-state index contributed by atoms with van der Waals surface area (Å²) in [5, 5.41) is 11.9. The lowest BCUT2D eigenvalue weighted by atomic mass is 9.91. The molecule has 6 nitrogen and oxygen atoms in total. The number of carbonyl (C=O) groups is 1. The van der Waals surface area contributed by atoms with Gasteiger partial charge < -0.3 is 20.3 Å². The van der Waals surface area contributed by atoms with Gasteiger partial charge in [0, 0.05) is 30.9 Å². The van der Waals surface area contributed by atoms with Crippen molar-refractivity contribution in [2.45, 2.75) is 38.0 Å². The van der Waals surface area contributed by atoms with Gasteiger partial charge in [0.1, 0.15) is 0 Å². The lowest BCUT2D eigenvalue weighted by Crippen LogP contribution is -2.51. The Hall–Kier alpha value is -1.92. The molecule has 0 radical (unpaired) electrons. The number of amides is 1. The largest absolute Gasteiger partial charge is 0.388 e. The number of nitrogens with zero attached hydrogens (tertiary/aromatic N) is 3. The summed E-state index contributed by atoms with van der Waals surface area (Å²) in [4.78, 5) is 17.8. The van der Waals surface area contributed by atoms with Gasteiger partial charge in [-0.25, -0.2) is 0 Å². The molecule has 1 amide bonds. The lowest BCUT2D eigenvalue weighted by molar-refractivity contribution is -0.136. The number of nitrogens with two attached hydrogens (primary N) is 1. The molecule has 1 aliphatic heterocycles. The van der Waals surface area contributed by atoms with Crippen molar-refractivity contribution in [2.75, 3.05) is 13.1 Å². The van der Waals surface area contributed by atoms with Gasteiger partial charge in [-0.05, 0) is 31.9 Å². The number of likely N-dealkylation sites (tertiary alicyclic amines) is 1. The summed E-state index contributed by atoms with van der Waals surface area (Å²) in [5.41, 5.74) is 5.86. The Morgan fingerprint density at radius 1 is 1.45 bits per heavy atom. The fourth-order valence-electron chi connectivity index (χ4n) is 3.07. The summed E-state index contributed by atoms with van der Waals surface area (Å²) in [6.45, 7) is 3.31. The predicted molar refractivity (Wildman–Crippen MR) is 84.1 cm³/mol. The van der Waals surface area contributed by atoms with Crippen molar-refractivity contribution in [3.8, 4) is 0 Å². The molecular weight excluding hydrogens is 280 g/mol. The number of hydrogen-bond acceptors (Lipinski definition) is 4. The highest BCUT2D eigenvalue weighted by Gasteiger charge is 2.35. The Kier molecular flexibility index (Phi) is 3.88. The average Bonchev–Trinajstić information content (AvgIpc) is 2.90. The van der Waals surface area contributed by atoms with Crippen molar-refractivity contribution in [1.29, 1.82) is 0 Å². The second-order valence-electron chi connectivity index (χ2n) is 6.22. The van der Waals surface area contributed by atoms with Crippen molar-refractivity contribution in [3.63, 3.8) is 0 Å². The van der Waals surface area contributed by atoms with E-state index in [-0.39, 0.29) is 5.91 Å². The van der Waals surface area contributed by atoms with Crippen molar-refractivity contribution in [2.24, 2.45) is 5.73 Å². The molecule has 1 aliphatic rings. The van der Waals surface area contributed by atoms with Gasteiger partial charge in [-0.3, -0.25) is 9.78 Å². The molecule has 0 spiro atoms. The van der Waals surface area contributed by atoms with Crippen LogP contribution in [-0.4, -0.2) is 50.2 Å².